The van der Waals surface area contributed by atoms with Gasteiger partial charge < -0.3 is 10.5 Å². The smallest absolute Gasteiger partial charge is 0.182 e. The Morgan fingerprint density at radius 1 is 1.15 bits per heavy atom. The van der Waals surface area contributed by atoms with Gasteiger partial charge in [0, 0.05) is 10.7 Å². The third-order valence-electron chi connectivity index (χ3n) is 2.84. The lowest BCUT2D eigenvalue weighted by atomic mass is 10.2. The zero-order valence-corrected chi connectivity index (χ0v) is 12.4. The van der Waals surface area contributed by atoms with Crippen molar-refractivity contribution in [3.05, 3.63) is 53.1 Å². The maximum Gasteiger partial charge on any atom is 0.182 e. The highest BCUT2D eigenvalue weighted by atomic mass is 35.5. The van der Waals surface area contributed by atoms with Crippen LogP contribution in [0, 0.1) is 0 Å². The number of hydrogen-bond acceptors (Lipinski definition) is 4. The van der Waals surface area contributed by atoms with Gasteiger partial charge >= 0.3 is 0 Å². The van der Waals surface area contributed by atoms with E-state index in [1.165, 1.54) is 19.2 Å². The molecule has 2 aromatic carbocycles. The number of nitrogen functional groups attached to an aromatic ring is 1. The lowest BCUT2D eigenvalue weighted by Gasteiger charge is -2.08. The van der Waals surface area contributed by atoms with Gasteiger partial charge in [-0.15, -0.1) is 0 Å². The third kappa shape index (κ3) is 3.23. The summed E-state index contributed by atoms with van der Waals surface area (Å²) in [5, 5.41) is 0.349. The first-order chi connectivity index (χ1) is 9.42. The molecule has 0 aliphatic rings. The second-order valence-corrected chi connectivity index (χ2v) is 6.68. The van der Waals surface area contributed by atoms with Crippen molar-refractivity contribution in [2.75, 3.05) is 12.8 Å². The molecule has 0 saturated heterocycles. The number of methoxy groups -OCH3 is 1. The van der Waals surface area contributed by atoms with Gasteiger partial charge in [-0.2, -0.15) is 0 Å². The predicted octanol–water partition coefficient (Wildman–Crippen LogP) is 2.90. The Bertz CT molecular complexity index is 712. The maximum absolute atomic E-state index is 12.3. The van der Waals surface area contributed by atoms with E-state index >= 15 is 0 Å². The van der Waals surface area contributed by atoms with E-state index in [-0.39, 0.29) is 10.6 Å². The summed E-state index contributed by atoms with van der Waals surface area (Å²) in [7, 11) is -1.93. The summed E-state index contributed by atoms with van der Waals surface area (Å²) in [4.78, 5) is 0.228. The van der Waals surface area contributed by atoms with Crippen LogP contribution in [0.4, 0.5) is 5.69 Å². The predicted molar refractivity (Wildman–Crippen MR) is 79.7 cm³/mol. The Morgan fingerprint density at radius 3 is 2.35 bits per heavy atom. The molecule has 106 valence electrons. The van der Waals surface area contributed by atoms with E-state index in [4.69, 9.17) is 22.1 Å². The van der Waals surface area contributed by atoms with Crippen LogP contribution >= 0.6 is 11.6 Å². The highest BCUT2D eigenvalue weighted by molar-refractivity contribution is 7.90. The van der Waals surface area contributed by atoms with Crippen molar-refractivity contribution in [2.24, 2.45) is 0 Å². The fraction of sp³-hybridized carbons (Fsp3) is 0.143. The molecule has 0 aliphatic heterocycles. The standard InChI is InChI=1S/C14H14ClNO3S/c1-19-12-4-6-13(7-5-12)20(17,18)9-10-2-3-11(16)8-14(10)15/h2-8H,9,16H2,1H3. The fourth-order valence-corrected chi connectivity index (χ4v) is 3.47. The van der Waals surface area contributed by atoms with Gasteiger partial charge in [0.2, 0.25) is 0 Å². The number of benzene rings is 2. The molecule has 0 fully saturated rings. The summed E-state index contributed by atoms with van der Waals surface area (Å²) < 4.78 is 29.6. The third-order valence-corrected chi connectivity index (χ3v) is 4.87. The van der Waals surface area contributed by atoms with E-state index in [2.05, 4.69) is 0 Å². The van der Waals surface area contributed by atoms with E-state index < -0.39 is 9.84 Å². The van der Waals surface area contributed by atoms with E-state index in [1.54, 1.807) is 30.3 Å². The van der Waals surface area contributed by atoms with Crippen molar-refractivity contribution in [1.82, 2.24) is 0 Å². The second-order valence-electron chi connectivity index (χ2n) is 4.29. The number of rotatable bonds is 4. The van der Waals surface area contributed by atoms with Crippen molar-refractivity contribution < 1.29 is 13.2 Å². The van der Waals surface area contributed by atoms with Gasteiger partial charge in [0.25, 0.3) is 0 Å². The molecular formula is C14H14ClNO3S. The van der Waals surface area contributed by atoms with Gasteiger partial charge in [0.15, 0.2) is 9.84 Å². The van der Waals surface area contributed by atoms with E-state index in [1.807, 2.05) is 0 Å². The van der Waals surface area contributed by atoms with Gasteiger partial charge in [-0.05, 0) is 42.0 Å². The summed E-state index contributed by atoms with van der Waals surface area (Å²) in [6.07, 6.45) is 0. The molecule has 0 amide bonds. The molecule has 0 atom stereocenters. The highest BCUT2D eigenvalue weighted by Crippen LogP contribution is 2.25. The quantitative estimate of drug-likeness (QED) is 0.881. The average Bonchev–Trinajstić information content (AvgIpc) is 2.42. The van der Waals surface area contributed by atoms with Crippen LogP contribution in [0.15, 0.2) is 47.4 Å². The van der Waals surface area contributed by atoms with Gasteiger partial charge in [0.05, 0.1) is 17.8 Å². The zero-order chi connectivity index (χ0) is 14.8. The summed E-state index contributed by atoms with van der Waals surface area (Å²) in [6.45, 7) is 0. The van der Waals surface area contributed by atoms with Crippen LogP contribution in [-0.2, 0) is 15.6 Å². The van der Waals surface area contributed by atoms with Crippen LogP contribution in [0.5, 0.6) is 5.75 Å². The minimum atomic E-state index is -3.45. The zero-order valence-electron chi connectivity index (χ0n) is 10.8. The molecule has 2 N–H and O–H groups in total. The number of ether oxygens (including phenoxy) is 1. The Kier molecular flexibility index (Phi) is 4.20. The molecule has 0 heterocycles. The second kappa shape index (κ2) is 5.73. The molecule has 0 aromatic heterocycles. The molecular weight excluding hydrogens is 298 g/mol. The summed E-state index contributed by atoms with van der Waals surface area (Å²) in [5.41, 5.74) is 6.61. The normalized spacial score (nSPS) is 11.3. The van der Waals surface area contributed by atoms with Crippen molar-refractivity contribution in [3.8, 4) is 5.75 Å². The average molecular weight is 312 g/mol. The number of anilines is 1. The summed E-state index contributed by atoms with van der Waals surface area (Å²) in [6, 6.07) is 11.0. The van der Waals surface area contributed by atoms with Crippen LogP contribution in [0.3, 0.4) is 0 Å². The highest BCUT2D eigenvalue weighted by Gasteiger charge is 2.17. The number of nitrogens with two attached hydrogens (primary N) is 1. The molecule has 2 rings (SSSR count). The van der Waals surface area contributed by atoms with Crippen LogP contribution < -0.4 is 10.5 Å². The first-order valence-corrected chi connectivity index (χ1v) is 7.86. The van der Waals surface area contributed by atoms with E-state index in [9.17, 15) is 8.42 Å². The first kappa shape index (κ1) is 14.7. The van der Waals surface area contributed by atoms with Crippen LogP contribution in [0.25, 0.3) is 0 Å². The van der Waals surface area contributed by atoms with Crippen LogP contribution in [-0.4, -0.2) is 15.5 Å². The summed E-state index contributed by atoms with van der Waals surface area (Å²) >= 11 is 6.01. The Balaban J connectivity index is 2.30. The van der Waals surface area contributed by atoms with Crippen molar-refractivity contribution in [3.63, 3.8) is 0 Å². The van der Waals surface area contributed by atoms with E-state index in [0.29, 0.717) is 22.0 Å². The van der Waals surface area contributed by atoms with E-state index in [0.717, 1.165) is 0 Å². The van der Waals surface area contributed by atoms with Gasteiger partial charge in [-0.1, -0.05) is 17.7 Å². The van der Waals surface area contributed by atoms with Crippen LogP contribution in [0.2, 0.25) is 5.02 Å². The van der Waals surface area contributed by atoms with Crippen LogP contribution in [0.1, 0.15) is 5.56 Å². The minimum absolute atomic E-state index is 0.168. The lowest BCUT2D eigenvalue weighted by molar-refractivity contribution is 0.414. The molecule has 0 unspecified atom stereocenters. The topological polar surface area (TPSA) is 69.4 Å². The Labute approximate surface area is 123 Å². The van der Waals surface area contributed by atoms with Gasteiger partial charge in [-0.25, -0.2) is 8.42 Å². The van der Waals surface area contributed by atoms with Gasteiger partial charge in [0.1, 0.15) is 5.75 Å². The molecule has 4 nitrogen and oxygen atoms in total. The molecule has 2 aromatic rings. The number of sulfone groups is 1. The summed E-state index contributed by atoms with van der Waals surface area (Å²) in [5.74, 6) is 0.438. The van der Waals surface area contributed by atoms with Crippen molar-refractivity contribution >= 4 is 27.1 Å². The number of hydrogen-bond donors (Lipinski definition) is 1. The minimum Gasteiger partial charge on any atom is -0.497 e. The van der Waals surface area contributed by atoms with Gasteiger partial charge in [-0.3, -0.25) is 0 Å². The molecule has 0 spiro atoms. The van der Waals surface area contributed by atoms with Crippen molar-refractivity contribution in [2.45, 2.75) is 10.6 Å². The van der Waals surface area contributed by atoms with Crippen molar-refractivity contribution in [1.29, 1.82) is 0 Å². The SMILES string of the molecule is COc1ccc(S(=O)(=O)Cc2ccc(N)cc2Cl)cc1. The molecule has 0 aliphatic carbocycles. The molecule has 6 heteroatoms. The largest absolute Gasteiger partial charge is 0.497 e. The monoisotopic (exact) mass is 311 g/mol. The molecule has 20 heavy (non-hydrogen) atoms. The number of halogens is 1. The fourth-order valence-electron chi connectivity index (χ4n) is 1.75. The Hall–Kier alpha value is -1.72. The molecule has 0 radical (unpaired) electrons. The lowest BCUT2D eigenvalue weighted by Crippen LogP contribution is -2.05. The maximum atomic E-state index is 12.3. The first-order valence-electron chi connectivity index (χ1n) is 5.83. The molecule has 0 saturated carbocycles. The Morgan fingerprint density at radius 2 is 1.80 bits per heavy atom. The molecule has 0 bridgehead atoms.